The third-order valence-electron chi connectivity index (χ3n) is 12.5. The van der Waals surface area contributed by atoms with Crippen LogP contribution in [-0.4, -0.2) is 19.5 Å². The van der Waals surface area contributed by atoms with Crippen molar-refractivity contribution in [3.05, 3.63) is 246 Å². The summed E-state index contributed by atoms with van der Waals surface area (Å²) in [5.41, 5.74) is 13.7. The van der Waals surface area contributed by atoms with Crippen LogP contribution in [0.3, 0.4) is 0 Å². The minimum atomic E-state index is 0.854. The summed E-state index contributed by atoms with van der Waals surface area (Å²) in [4.78, 5) is 13.2. The first-order valence-corrected chi connectivity index (χ1v) is 25.3. The number of nitrogens with one attached hydrogen (secondary N) is 1. The molecule has 0 aliphatic heterocycles. The summed E-state index contributed by atoms with van der Waals surface area (Å²) in [7, 11) is 0. The Hall–Kier alpha value is -7.94. The van der Waals surface area contributed by atoms with E-state index in [1.807, 2.05) is 48.5 Å². The molecule has 0 saturated carbocycles. The molecule has 0 atom stereocenters. The summed E-state index contributed by atoms with van der Waals surface area (Å²) in [6, 6.07) is 80.8. The number of pyridine rings is 2. The molecule has 0 spiro atoms. The van der Waals surface area contributed by atoms with Gasteiger partial charge in [-0.25, -0.2) is 9.97 Å². The van der Waals surface area contributed by atoms with Gasteiger partial charge in [0.05, 0.1) is 22.4 Å². The first kappa shape index (κ1) is 42.4. The predicted molar refractivity (Wildman–Crippen MR) is 299 cm³/mol. The van der Waals surface area contributed by atoms with Gasteiger partial charge in [-0.2, -0.15) is 0 Å². The van der Waals surface area contributed by atoms with Crippen molar-refractivity contribution in [2.45, 2.75) is 0 Å². The molecule has 0 fully saturated rings. The molecule has 4 nitrogen and oxygen atoms in total. The summed E-state index contributed by atoms with van der Waals surface area (Å²) < 4.78 is 5.81. The van der Waals surface area contributed by atoms with Crippen molar-refractivity contribution >= 4 is 102 Å². The highest BCUT2D eigenvalue weighted by atomic mass is 79.9. The number of nitrogens with zero attached hydrogens (tertiary/aromatic N) is 3. The van der Waals surface area contributed by atoms with Crippen LogP contribution in [0.2, 0.25) is 0 Å². The second-order valence-corrected chi connectivity index (χ2v) is 19.5. The number of hydrogen-bond donors (Lipinski definition) is 1. The van der Waals surface area contributed by atoms with Gasteiger partial charge in [0.25, 0.3) is 0 Å². The molecule has 8 aromatic carbocycles. The predicted octanol–water partition coefficient (Wildman–Crippen LogP) is 18.4. The molecule has 7 heteroatoms. The quantitative estimate of drug-likeness (QED) is 0.175. The van der Waals surface area contributed by atoms with E-state index in [0.717, 1.165) is 38.5 Å². The highest BCUT2D eigenvalue weighted by molar-refractivity contribution is 9.10. The van der Waals surface area contributed by atoms with Crippen LogP contribution in [0.25, 0.3) is 114 Å². The molecule has 0 unspecified atom stereocenters. The Kier molecular flexibility index (Phi) is 11.4. The number of halogens is 1. The molecule has 0 radical (unpaired) electrons. The lowest BCUT2D eigenvalue weighted by molar-refractivity contribution is 1.09. The normalized spacial score (nSPS) is 11.3. The Morgan fingerprint density at radius 3 is 1.51 bits per heavy atom. The lowest BCUT2D eigenvalue weighted by Gasteiger charge is -2.13. The van der Waals surface area contributed by atoms with E-state index in [1.165, 1.54) is 80.5 Å². The van der Waals surface area contributed by atoms with E-state index >= 15 is 0 Å². The van der Waals surface area contributed by atoms with Gasteiger partial charge >= 0.3 is 0 Å². The van der Waals surface area contributed by atoms with Crippen LogP contribution in [0.4, 0.5) is 0 Å². The van der Waals surface area contributed by atoms with Gasteiger partial charge in [0.15, 0.2) is 0 Å². The molecule has 6 heterocycles. The minimum Gasteiger partial charge on any atom is -0.354 e. The SMILES string of the molecule is Brc1cc(-c2ccccc2)cc(-c2ccccc2)n1.c1ccc(-c2cc(-c3ccccc3)nc(-n3c4ccccc4c4cc5ccsc5cc43)c2)cc1.c1ccc2c(c1)[nH]c1cc3sccc3cc12. The third kappa shape index (κ3) is 8.53. The van der Waals surface area contributed by atoms with Crippen molar-refractivity contribution in [2.24, 2.45) is 0 Å². The molecule has 6 aromatic heterocycles. The molecule has 0 saturated heterocycles. The molecular weight excluding hydrogens is 945 g/mol. The van der Waals surface area contributed by atoms with E-state index < -0.39 is 0 Å². The third-order valence-corrected chi connectivity index (χ3v) is 14.7. The molecule has 0 aliphatic rings. The van der Waals surface area contributed by atoms with Gasteiger partial charge in [0.1, 0.15) is 10.4 Å². The Balaban J connectivity index is 0.000000118. The largest absolute Gasteiger partial charge is 0.354 e. The number of benzene rings is 8. The summed E-state index contributed by atoms with van der Waals surface area (Å²) in [6.45, 7) is 0. The number of para-hydroxylation sites is 2. The highest BCUT2D eigenvalue weighted by Gasteiger charge is 2.17. The number of hydrogen-bond acceptors (Lipinski definition) is 4. The first-order chi connectivity index (χ1) is 34.1. The number of aromatic amines is 1. The van der Waals surface area contributed by atoms with Crippen molar-refractivity contribution in [1.29, 1.82) is 0 Å². The minimum absolute atomic E-state index is 0.854. The smallest absolute Gasteiger partial charge is 0.138 e. The lowest BCUT2D eigenvalue weighted by atomic mass is 10.0. The maximum atomic E-state index is 5.21. The standard InChI is InChI=1S/C31H20N2S.C17H12BrN.C14H9NS/c1-3-9-21(10-4-1)24-18-27(22-11-5-2-6-12-22)32-31(19-24)33-28-14-8-7-13-25(28)26-17-23-15-16-34-30(23)20-29(26)33;18-17-12-15(13-7-3-1-4-8-13)11-16(19-17)14-9-5-2-6-10-14;1-2-4-12-10(3-1)11-7-9-5-6-16-14(9)8-13(11)15-12/h1-20H;1-12H;1-8,15H. The Bertz CT molecular complexity index is 3970. The van der Waals surface area contributed by atoms with Crippen molar-refractivity contribution in [1.82, 2.24) is 19.5 Å². The maximum absolute atomic E-state index is 5.21. The average Bonchev–Trinajstić information content (AvgIpc) is 4.23. The van der Waals surface area contributed by atoms with Crippen LogP contribution in [0.1, 0.15) is 0 Å². The molecule has 14 rings (SSSR count). The zero-order chi connectivity index (χ0) is 46.1. The fraction of sp³-hybridized carbons (Fsp3) is 0. The van der Waals surface area contributed by atoms with Gasteiger partial charge in [-0.15, -0.1) is 22.7 Å². The van der Waals surface area contributed by atoms with Crippen molar-refractivity contribution in [3.8, 4) is 50.6 Å². The molecule has 69 heavy (non-hydrogen) atoms. The number of H-pyrrole nitrogens is 1. The van der Waals surface area contributed by atoms with E-state index in [1.54, 1.807) is 22.7 Å². The topological polar surface area (TPSA) is 46.5 Å². The van der Waals surface area contributed by atoms with Crippen molar-refractivity contribution in [3.63, 3.8) is 0 Å². The molecule has 0 bridgehead atoms. The number of fused-ring (bicyclic) bond motifs is 8. The number of thiophene rings is 2. The second-order valence-electron chi connectivity index (χ2n) is 16.8. The summed E-state index contributed by atoms with van der Waals surface area (Å²) >= 11 is 7.07. The van der Waals surface area contributed by atoms with E-state index in [4.69, 9.17) is 4.98 Å². The summed E-state index contributed by atoms with van der Waals surface area (Å²) in [5.74, 6) is 0.933. The van der Waals surface area contributed by atoms with Crippen LogP contribution in [0.5, 0.6) is 0 Å². The summed E-state index contributed by atoms with van der Waals surface area (Å²) in [6.07, 6.45) is 0. The number of rotatable bonds is 5. The Morgan fingerprint density at radius 1 is 0.362 bits per heavy atom. The second kappa shape index (κ2) is 18.6. The number of aromatic nitrogens is 4. The maximum Gasteiger partial charge on any atom is 0.138 e. The van der Waals surface area contributed by atoms with Crippen molar-refractivity contribution in [2.75, 3.05) is 0 Å². The van der Waals surface area contributed by atoms with Crippen LogP contribution in [-0.2, 0) is 0 Å². The Morgan fingerprint density at radius 2 is 0.870 bits per heavy atom. The van der Waals surface area contributed by atoms with E-state index in [-0.39, 0.29) is 0 Å². The van der Waals surface area contributed by atoms with Crippen LogP contribution >= 0.6 is 38.6 Å². The fourth-order valence-electron chi connectivity index (χ4n) is 9.22. The van der Waals surface area contributed by atoms with E-state index in [0.29, 0.717) is 0 Å². The summed E-state index contributed by atoms with van der Waals surface area (Å²) in [5, 5.41) is 12.1. The molecule has 0 aliphatic carbocycles. The van der Waals surface area contributed by atoms with Gasteiger partial charge < -0.3 is 4.98 Å². The van der Waals surface area contributed by atoms with Gasteiger partial charge in [-0.3, -0.25) is 4.57 Å². The van der Waals surface area contributed by atoms with Gasteiger partial charge in [-0.05, 0) is 133 Å². The first-order valence-electron chi connectivity index (χ1n) is 22.8. The van der Waals surface area contributed by atoms with Crippen LogP contribution < -0.4 is 0 Å². The zero-order valence-corrected chi connectivity index (χ0v) is 40.3. The lowest BCUT2D eigenvalue weighted by Crippen LogP contribution is -2.00. The molecule has 1 N–H and O–H groups in total. The molecule has 14 aromatic rings. The van der Waals surface area contributed by atoms with Gasteiger partial charge in [0.2, 0.25) is 0 Å². The van der Waals surface area contributed by atoms with E-state index in [2.05, 4.69) is 223 Å². The average molecular weight is 986 g/mol. The van der Waals surface area contributed by atoms with Crippen LogP contribution in [0.15, 0.2) is 246 Å². The highest BCUT2D eigenvalue weighted by Crippen LogP contribution is 2.38. The van der Waals surface area contributed by atoms with Crippen molar-refractivity contribution < 1.29 is 0 Å². The van der Waals surface area contributed by atoms with Gasteiger partial charge in [-0.1, -0.05) is 158 Å². The molecule has 0 amide bonds. The zero-order valence-electron chi connectivity index (χ0n) is 37.1. The van der Waals surface area contributed by atoms with E-state index in [9.17, 15) is 0 Å². The van der Waals surface area contributed by atoms with Crippen LogP contribution in [0, 0.1) is 0 Å². The fourth-order valence-corrected chi connectivity index (χ4v) is 11.3. The molecule has 328 valence electrons. The molecular formula is C62H41BrN4S2. The Labute approximate surface area is 415 Å². The monoisotopic (exact) mass is 984 g/mol. The van der Waals surface area contributed by atoms with Gasteiger partial charge in [0, 0.05) is 53.1 Å².